The second-order valence-electron chi connectivity index (χ2n) is 6.21. The van der Waals surface area contributed by atoms with Gasteiger partial charge in [0.25, 0.3) is 0 Å². The Balaban J connectivity index is 1.86. The van der Waals surface area contributed by atoms with Gasteiger partial charge in [-0.15, -0.1) is 0 Å². The van der Waals surface area contributed by atoms with Crippen molar-refractivity contribution in [2.24, 2.45) is 0 Å². The molecule has 0 aliphatic carbocycles. The number of carbonyl (C=O) groups excluding carboxylic acids is 1. The number of alkyl halides is 3. The lowest BCUT2D eigenvalue weighted by atomic mass is 10.0. The normalized spacial score (nSPS) is 12.4. The van der Waals surface area contributed by atoms with Gasteiger partial charge in [-0.2, -0.15) is 13.2 Å². The molecule has 0 saturated heterocycles. The third-order valence-corrected chi connectivity index (χ3v) is 4.08. The van der Waals surface area contributed by atoms with Crippen LogP contribution in [-0.4, -0.2) is 23.0 Å². The van der Waals surface area contributed by atoms with Crippen LogP contribution < -0.4 is 5.32 Å². The predicted octanol–water partition coefficient (Wildman–Crippen LogP) is 3.84. The fraction of sp³-hybridized carbons (Fsp3) is 0.300. The van der Waals surface area contributed by atoms with Crippen LogP contribution in [0.5, 0.6) is 0 Å². The number of halogens is 3. The first-order valence-electron chi connectivity index (χ1n) is 8.48. The lowest BCUT2D eigenvalue weighted by Crippen LogP contribution is -2.41. The van der Waals surface area contributed by atoms with Gasteiger partial charge in [-0.25, -0.2) is 4.79 Å². The molecule has 0 aliphatic heterocycles. The van der Waals surface area contributed by atoms with Gasteiger partial charge in [0.2, 0.25) is 5.91 Å². The lowest BCUT2D eigenvalue weighted by Gasteiger charge is -2.15. The standard InChI is InChI=1S/C20H20F3NO3/c21-20(22,23)16-11-9-15(10-12-16)13-18(25)24-17(19(26)27)8-4-7-14-5-2-1-3-6-14/h1-3,5-6,9-12,17H,4,7-8,13H2,(H,24,25)(H,26,27)/t17-/m1/s1. The van der Waals surface area contributed by atoms with Crippen molar-refractivity contribution in [3.8, 4) is 0 Å². The molecule has 27 heavy (non-hydrogen) atoms. The van der Waals surface area contributed by atoms with Crippen LogP contribution in [0.4, 0.5) is 13.2 Å². The van der Waals surface area contributed by atoms with Gasteiger partial charge in [0.15, 0.2) is 0 Å². The molecular formula is C20H20F3NO3. The average molecular weight is 379 g/mol. The van der Waals surface area contributed by atoms with Crippen molar-refractivity contribution in [2.75, 3.05) is 0 Å². The Morgan fingerprint density at radius 1 is 0.963 bits per heavy atom. The summed E-state index contributed by atoms with van der Waals surface area (Å²) >= 11 is 0. The van der Waals surface area contributed by atoms with Crippen molar-refractivity contribution in [2.45, 2.75) is 37.9 Å². The Labute approximate surface area is 155 Å². The van der Waals surface area contributed by atoms with Gasteiger partial charge >= 0.3 is 12.1 Å². The Bertz CT molecular complexity index is 758. The fourth-order valence-electron chi connectivity index (χ4n) is 2.65. The summed E-state index contributed by atoms with van der Waals surface area (Å²) in [7, 11) is 0. The van der Waals surface area contributed by atoms with Crippen LogP contribution in [0.1, 0.15) is 29.5 Å². The number of carbonyl (C=O) groups is 2. The van der Waals surface area contributed by atoms with E-state index in [1.165, 1.54) is 12.1 Å². The quantitative estimate of drug-likeness (QED) is 0.732. The Morgan fingerprint density at radius 2 is 1.59 bits per heavy atom. The zero-order valence-electron chi connectivity index (χ0n) is 14.5. The summed E-state index contributed by atoms with van der Waals surface area (Å²) in [6.07, 6.45) is -3.07. The molecule has 0 heterocycles. The highest BCUT2D eigenvalue weighted by molar-refractivity contribution is 5.84. The molecule has 0 saturated carbocycles. The number of benzene rings is 2. The van der Waals surface area contributed by atoms with E-state index >= 15 is 0 Å². The number of hydrogen-bond acceptors (Lipinski definition) is 2. The van der Waals surface area contributed by atoms with E-state index in [9.17, 15) is 27.9 Å². The van der Waals surface area contributed by atoms with Crippen LogP contribution in [0.15, 0.2) is 54.6 Å². The first-order valence-corrected chi connectivity index (χ1v) is 8.48. The van der Waals surface area contributed by atoms with Crippen LogP contribution in [0, 0.1) is 0 Å². The second-order valence-corrected chi connectivity index (χ2v) is 6.21. The molecular weight excluding hydrogens is 359 g/mol. The number of carboxylic acid groups (broad SMARTS) is 1. The number of aryl methyl sites for hydroxylation is 1. The number of hydrogen-bond donors (Lipinski definition) is 2. The molecule has 7 heteroatoms. The number of amides is 1. The largest absolute Gasteiger partial charge is 0.480 e. The molecule has 4 nitrogen and oxygen atoms in total. The van der Waals surface area contributed by atoms with Crippen LogP contribution >= 0.6 is 0 Å². The van der Waals surface area contributed by atoms with Crippen LogP contribution in [-0.2, 0) is 28.6 Å². The third kappa shape index (κ3) is 6.77. The Hall–Kier alpha value is -2.83. The first kappa shape index (κ1) is 20.5. The summed E-state index contributed by atoms with van der Waals surface area (Å²) < 4.78 is 37.6. The maximum Gasteiger partial charge on any atom is 0.416 e. The van der Waals surface area contributed by atoms with Gasteiger partial charge in [-0.3, -0.25) is 4.79 Å². The highest BCUT2D eigenvalue weighted by Gasteiger charge is 2.30. The summed E-state index contributed by atoms with van der Waals surface area (Å²) in [4.78, 5) is 23.4. The van der Waals surface area contributed by atoms with E-state index in [0.717, 1.165) is 17.7 Å². The average Bonchev–Trinajstić information content (AvgIpc) is 2.61. The van der Waals surface area contributed by atoms with Crippen molar-refractivity contribution >= 4 is 11.9 Å². The molecule has 0 aliphatic rings. The molecule has 1 atom stereocenters. The molecule has 2 rings (SSSR count). The molecule has 2 aromatic rings. The van der Waals surface area contributed by atoms with E-state index < -0.39 is 29.7 Å². The minimum atomic E-state index is -4.44. The summed E-state index contributed by atoms with van der Waals surface area (Å²) in [5, 5.41) is 11.7. The number of rotatable bonds is 8. The van der Waals surface area contributed by atoms with E-state index in [-0.39, 0.29) is 12.8 Å². The van der Waals surface area contributed by atoms with Crippen molar-refractivity contribution in [1.29, 1.82) is 0 Å². The van der Waals surface area contributed by atoms with E-state index in [2.05, 4.69) is 5.32 Å². The van der Waals surface area contributed by atoms with Crippen LogP contribution in [0.3, 0.4) is 0 Å². The molecule has 0 radical (unpaired) electrons. The van der Waals surface area contributed by atoms with Gasteiger partial charge in [0.05, 0.1) is 12.0 Å². The molecule has 1 amide bonds. The second kappa shape index (κ2) is 9.21. The smallest absolute Gasteiger partial charge is 0.416 e. The first-order chi connectivity index (χ1) is 12.8. The molecule has 0 aromatic heterocycles. The predicted molar refractivity (Wildman–Crippen MR) is 94.1 cm³/mol. The van der Waals surface area contributed by atoms with Crippen molar-refractivity contribution < 1.29 is 27.9 Å². The minimum absolute atomic E-state index is 0.180. The Morgan fingerprint density at radius 3 is 2.15 bits per heavy atom. The third-order valence-electron chi connectivity index (χ3n) is 4.08. The van der Waals surface area contributed by atoms with Crippen LogP contribution in [0.25, 0.3) is 0 Å². The molecule has 2 aromatic carbocycles. The molecule has 0 unspecified atom stereocenters. The van der Waals surface area contributed by atoms with Crippen LogP contribution in [0.2, 0.25) is 0 Å². The number of aliphatic carboxylic acids is 1. The molecule has 2 N–H and O–H groups in total. The maximum absolute atomic E-state index is 12.5. The fourth-order valence-corrected chi connectivity index (χ4v) is 2.65. The summed E-state index contributed by atoms with van der Waals surface area (Å²) in [6.45, 7) is 0. The van der Waals surface area contributed by atoms with Gasteiger partial charge in [0, 0.05) is 0 Å². The van der Waals surface area contributed by atoms with Gasteiger partial charge in [-0.05, 0) is 42.5 Å². The van der Waals surface area contributed by atoms with Gasteiger partial charge in [-0.1, -0.05) is 42.5 Å². The SMILES string of the molecule is O=C(Cc1ccc(C(F)(F)F)cc1)N[C@H](CCCc1ccccc1)C(=O)O. The van der Waals surface area contributed by atoms with Gasteiger partial charge in [0.1, 0.15) is 6.04 Å². The van der Waals surface area contributed by atoms with E-state index in [0.29, 0.717) is 18.4 Å². The maximum atomic E-state index is 12.5. The molecule has 0 spiro atoms. The zero-order valence-corrected chi connectivity index (χ0v) is 14.5. The van der Waals surface area contributed by atoms with E-state index in [4.69, 9.17) is 0 Å². The van der Waals surface area contributed by atoms with Crippen molar-refractivity contribution in [3.63, 3.8) is 0 Å². The molecule has 0 bridgehead atoms. The van der Waals surface area contributed by atoms with E-state index in [1.807, 2.05) is 30.3 Å². The Kier molecular flexibility index (Phi) is 6.98. The topological polar surface area (TPSA) is 66.4 Å². The lowest BCUT2D eigenvalue weighted by molar-refractivity contribution is -0.142. The minimum Gasteiger partial charge on any atom is -0.480 e. The van der Waals surface area contributed by atoms with Crippen molar-refractivity contribution in [3.05, 3.63) is 71.3 Å². The number of carboxylic acids is 1. The molecule has 144 valence electrons. The monoisotopic (exact) mass is 379 g/mol. The van der Waals surface area contributed by atoms with E-state index in [1.54, 1.807) is 0 Å². The highest BCUT2D eigenvalue weighted by Crippen LogP contribution is 2.29. The van der Waals surface area contributed by atoms with Gasteiger partial charge < -0.3 is 10.4 Å². The highest BCUT2D eigenvalue weighted by atomic mass is 19.4. The zero-order chi connectivity index (χ0) is 19.9. The summed E-state index contributed by atoms with van der Waals surface area (Å²) in [6, 6.07) is 12.8. The summed E-state index contributed by atoms with van der Waals surface area (Å²) in [5.41, 5.74) is 0.669. The molecule has 0 fully saturated rings. The number of nitrogens with one attached hydrogen (secondary N) is 1. The summed E-state index contributed by atoms with van der Waals surface area (Å²) in [5.74, 6) is -1.68. The van der Waals surface area contributed by atoms with Crippen molar-refractivity contribution in [1.82, 2.24) is 5.32 Å².